The summed E-state index contributed by atoms with van der Waals surface area (Å²) in [6, 6.07) is 9.00. The third-order valence-corrected chi connectivity index (χ3v) is 8.53. The van der Waals surface area contributed by atoms with Gasteiger partial charge < -0.3 is 9.84 Å². The number of aliphatic hydroxyl groups is 1. The summed E-state index contributed by atoms with van der Waals surface area (Å²) in [7, 11) is 0. The summed E-state index contributed by atoms with van der Waals surface area (Å²) < 4.78 is 21.2. The highest BCUT2D eigenvalue weighted by Crippen LogP contribution is 2.46. The van der Waals surface area contributed by atoms with E-state index in [-0.39, 0.29) is 11.4 Å². The zero-order valence-corrected chi connectivity index (χ0v) is 20.7. The second kappa shape index (κ2) is 9.85. The molecule has 2 aromatic heterocycles. The lowest BCUT2D eigenvalue weighted by molar-refractivity contribution is -0.112. The number of nitrogens with zero attached hydrogens (tertiary/aromatic N) is 4. The van der Waals surface area contributed by atoms with Crippen LogP contribution in [-0.4, -0.2) is 50.3 Å². The first-order valence-electron chi connectivity index (χ1n) is 12.3. The molecule has 4 heterocycles. The van der Waals surface area contributed by atoms with Gasteiger partial charge in [0.2, 0.25) is 0 Å². The lowest BCUT2D eigenvalue weighted by Crippen LogP contribution is -2.50. The molecule has 1 fully saturated rings. The number of ether oxygens (including phenoxy) is 1. The number of benzene rings is 1. The molecular weight excluding hydrogens is 451 g/mol. The minimum absolute atomic E-state index is 0.143. The van der Waals surface area contributed by atoms with Gasteiger partial charge in [-0.1, -0.05) is 24.3 Å². The van der Waals surface area contributed by atoms with Crippen LogP contribution in [0.25, 0.3) is 0 Å². The third-order valence-electron chi connectivity index (χ3n) is 7.19. The Balaban J connectivity index is 1.18. The molecular formula is C26H33FN4O2S. The molecule has 1 spiro atoms. The van der Waals surface area contributed by atoms with Crippen LogP contribution < -0.4 is 0 Å². The largest absolute Gasteiger partial charge is 0.391 e. The summed E-state index contributed by atoms with van der Waals surface area (Å²) in [5, 5.41) is 19.0. The Labute approximate surface area is 204 Å². The van der Waals surface area contributed by atoms with Crippen LogP contribution in [0, 0.1) is 5.82 Å². The van der Waals surface area contributed by atoms with E-state index in [1.807, 2.05) is 17.5 Å². The summed E-state index contributed by atoms with van der Waals surface area (Å²) in [6.07, 6.45) is 5.88. The number of aromatic nitrogens is 3. The van der Waals surface area contributed by atoms with Gasteiger partial charge in [0.25, 0.3) is 0 Å². The van der Waals surface area contributed by atoms with Gasteiger partial charge in [0, 0.05) is 47.9 Å². The summed E-state index contributed by atoms with van der Waals surface area (Å²) in [5.74, 6) is -0.270. The van der Waals surface area contributed by atoms with E-state index >= 15 is 0 Å². The number of aryl methyl sites for hydroxylation is 1. The Kier molecular flexibility index (Phi) is 6.84. The van der Waals surface area contributed by atoms with Gasteiger partial charge >= 0.3 is 0 Å². The molecule has 3 aromatic rings. The van der Waals surface area contributed by atoms with Crippen molar-refractivity contribution in [3.8, 4) is 0 Å². The Hall–Kier alpha value is -2.13. The van der Waals surface area contributed by atoms with Crippen LogP contribution in [0.5, 0.6) is 0 Å². The second-order valence-corrected chi connectivity index (χ2v) is 10.9. The molecule has 2 aliphatic heterocycles. The molecule has 0 radical (unpaired) electrons. The van der Waals surface area contributed by atoms with Crippen molar-refractivity contribution in [2.45, 2.75) is 76.8 Å². The quantitative estimate of drug-likeness (QED) is 0.547. The van der Waals surface area contributed by atoms with Crippen LogP contribution in [0.3, 0.4) is 0 Å². The predicted octanol–water partition coefficient (Wildman–Crippen LogP) is 4.10. The predicted molar refractivity (Wildman–Crippen MR) is 130 cm³/mol. The molecule has 2 aliphatic rings. The summed E-state index contributed by atoms with van der Waals surface area (Å²) in [4.78, 5) is 5.44. The van der Waals surface area contributed by atoms with Gasteiger partial charge in [-0.2, -0.15) is 0 Å². The van der Waals surface area contributed by atoms with E-state index in [1.54, 1.807) is 16.8 Å². The fourth-order valence-corrected chi connectivity index (χ4v) is 6.57. The smallest absolute Gasteiger partial charge is 0.123 e. The van der Waals surface area contributed by atoms with Gasteiger partial charge in [-0.25, -0.2) is 9.07 Å². The van der Waals surface area contributed by atoms with Crippen LogP contribution >= 0.6 is 11.3 Å². The SMILES string of the molecule is CCc1cc2c(s1)CCO[C@@]21CCN(Cc2cn(CC(O)Cc3ccc(F)cc3)nn2)[C@@H](C)C1. The molecule has 8 heteroatoms. The van der Waals surface area contributed by atoms with E-state index in [1.165, 1.54) is 27.5 Å². The molecule has 5 rings (SSSR count). The minimum Gasteiger partial charge on any atom is -0.391 e. The van der Waals surface area contributed by atoms with Gasteiger partial charge in [-0.15, -0.1) is 16.4 Å². The number of piperidine rings is 1. The molecule has 1 saturated heterocycles. The van der Waals surface area contributed by atoms with Crippen molar-refractivity contribution < 1.29 is 14.2 Å². The van der Waals surface area contributed by atoms with Crippen LogP contribution in [0.4, 0.5) is 4.39 Å². The first-order chi connectivity index (χ1) is 16.4. The number of aliphatic hydroxyl groups excluding tert-OH is 1. The average Bonchev–Trinajstić information content (AvgIpc) is 3.45. The molecule has 0 saturated carbocycles. The summed E-state index contributed by atoms with van der Waals surface area (Å²) in [5.41, 5.74) is 3.10. The third kappa shape index (κ3) is 4.96. The monoisotopic (exact) mass is 484 g/mol. The molecule has 0 bridgehead atoms. The van der Waals surface area contributed by atoms with Crippen molar-refractivity contribution in [2.75, 3.05) is 13.2 Å². The highest BCUT2D eigenvalue weighted by atomic mass is 32.1. The molecule has 1 unspecified atom stereocenters. The number of hydrogen-bond acceptors (Lipinski definition) is 6. The average molecular weight is 485 g/mol. The fraction of sp³-hybridized carbons (Fsp3) is 0.538. The standard InChI is InChI=1S/C26H33FN4O2S/c1-3-23-13-24-25(34-23)8-11-33-26(24)9-10-30(18(2)14-26)15-21-16-31(29-28-21)17-22(32)12-19-4-6-20(27)7-5-19/h4-7,13,16,18,22,32H,3,8-12,14-15,17H2,1-2H3/t18-,22?,26+/m0/s1. The van der Waals surface area contributed by atoms with Crippen LogP contribution in [0.1, 0.15) is 53.3 Å². The van der Waals surface area contributed by atoms with Gasteiger partial charge in [-0.05, 0) is 55.5 Å². The highest BCUT2D eigenvalue weighted by Gasteiger charge is 2.44. The Bertz CT molecular complexity index is 1110. The van der Waals surface area contributed by atoms with E-state index in [0.29, 0.717) is 19.0 Å². The first kappa shape index (κ1) is 23.6. The maximum atomic E-state index is 13.1. The minimum atomic E-state index is -0.606. The van der Waals surface area contributed by atoms with E-state index < -0.39 is 6.10 Å². The van der Waals surface area contributed by atoms with Crippen LogP contribution in [0.15, 0.2) is 36.5 Å². The summed E-state index contributed by atoms with van der Waals surface area (Å²) >= 11 is 1.96. The molecule has 0 aliphatic carbocycles. The van der Waals surface area contributed by atoms with Crippen molar-refractivity contribution in [1.82, 2.24) is 19.9 Å². The molecule has 0 amide bonds. The van der Waals surface area contributed by atoms with E-state index in [9.17, 15) is 9.50 Å². The molecule has 1 aromatic carbocycles. The molecule has 3 atom stereocenters. The Morgan fingerprint density at radius 1 is 1.32 bits per heavy atom. The van der Waals surface area contributed by atoms with Gasteiger partial charge in [0.1, 0.15) is 5.82 Å². The van der Waals surface area contributed by atoms with Gasteiger partial charge in [0.05, 0.1) is 30.6 Å². The molecule has 1 N–H and O–H groups in total. The number of fused-ring (bicyclic) bond motifs is 2. The van der Waals surface area contributed by atoms with Crippen molar-refractivity contribution in [1.29, 1.82) is 0 Å². The summed E-state index contributed by atoms with van der Waals surface area (Å²) in [6.45, 7) is 7.38. The normalized spacial score (nSPS) is 23.8. The van der Waals surface area contributed by atoms with Gasteiger partial charge in [-0.3, -0.25) is 4.90 Å². The van der Waals surface area contributed by atoms with Crippen LogP contribution in [0.2, 0.25) is 0 Å². The van der Waals surface area contributed by atoms with Crippen molar-refractivity contribution >= 4 is 11.3 Å². The van der Waals surface area contributed by atoms with E-state index in [0.717, 1.165) is 56.6 Å². The van der Waals surface area contributed by atoms with Crippen molar-refractivity contribution in [2.24, 2.45) is 0 Å². The number of hydrogen-bond donors (Lipinski definition) is 1. The van der Waals surface area contributed by atoms with E-state index in [2.05, 4.69) is 35.1 Å². The zero-order chi connectivity index (χ0) is 23.7. The maximum Gasteiger partial charge on any atom is 0.123 e. The molecule has 34 heavy (non-hydrogen) atoms. The first-order valence-corrected chi connectivity index (χ1v) is 13.1. The van der Waals surface area contributed by atoms with Gasteiger partial charge in [0.15, 0.2) is 0 Å². The number of thiophene rings is 1. The fourth-order valence-electron chi connectivity index (χ4n) is 5.39. The number of rotatable bonds is 7. The number of halogens is 1. The molecule has 6 nitrogen and oxygen atoms in total. The molecule has 182 valence electrons. The number of likely N-dealkylation sites (tertiary alicyclic amines) is 1. The second-order valence-electron chi connectivity index (χ2n) is 9.69. The van der Waals surface area contributed by atoms with Crippen molar-refractivity contribution in [3.63, 3.8) is 0 Å². The van der Waals surface area contributed by atoms with E-state index in [4.69, 9.17) is 4.74 Å². The van der Waals surface area contributed by atoms with Crippen LogP contribution in [-0.2, 0) is 42.7 Å². The zero-order valence-electron chi connectivity index (χ0n) is 19.9. The highest BCUT2D eigenvalue weighted by molar-refractivity contribution is 7.12. The Morgan fingerprint density at radius 3 is 2.91 bits per heavy atom. The Morgan fingerprint density at radius 2 is 2.15 bits per heavy atom. The lowest BCUT2D eigenvalue weighted by atomic mass is 9.79. The topological polar surface area (TPSA) is 63.4 Å². The maximum absolute atomic E-state index is 13.1. The lowest BCUT2D eigenvalue weighted by Gasteiger charge is -2.47. The van der Waals surface area contributed by atoms with Crippen molar-refractivity contribution in [3.05, 3.63) is 68.9 Å².